The maximum Gasteiger partial charge on any atom is 0.305 e. The molecule has 5 atom stereocenters. The number of phenols is 5. The molecule has 3 aromatic rings. The van der Waals surface area contributed by atoms with Crippen LogP contribution in [-0.2, 0) is 12.2 Å². The van der Waals surface area contributed by atoms with Gasteiger partial charge in [-0.05, 0) is 18.2 Å². The molecule has 0 aliphatic carbocycles. The summed E-state index contributed by atoms with van der Waals surface area (Å²) in [6.07, 6.45) is -4.69. The minimum Gasteiger partial charge on any atom is -0.508 e. The van der Waals surface area contributed by atoms with Crippen LogP contribution in [0.3, 0.4) is 0 Å². The number of fused-ring (bicyclic) bond motifs is 8. The molecule has 5 unspecified atom stereocenters. The molecule has 11 heteroatoms. The second-order valence-corrected chi connectivity index (χ2v) is 8.77. The van der Waals surface area contributed by atoms with Crippen molar-refractivity contribution in [2.45, 2.75) is 36.6 Å². The van der Waals surface area contributed by atoms with Crippen molar-refractivity contribution in [3.63, 3.8) is 0 Å². The third kappa shape index (κ3) is 2.83. The van der Waals surface area contributed by atoms with Gasteiger partial charge in [0.25, 0.3) is 0 Å². The van der Waals surface area contributed by atoms with Gasteiger partial charge in [0.15, 0.2) is 11.5 Å². The van der Waals surface area contributed by atoms with Crippen LogP contribution < -0.4 is 14.2 Å². The van der Waals surface area contributed by atoms with E-state index in [1.165, 1.54) is 24.3 Å². The Balaban J connectivity index is 1.67. The molecule has 6 rings (SSSR count). The van der Waals surface area contributed by atoms with E-state index in [0.717, 1.165) is 12.1 Å². The minimum atomic E-state index is -2.05. The topological polar surface area (TPSA) is 190 Å². The number of benzene rings is 3. The predicted octanol–water partition coefficient (Wildman–Crippen LogP) is 0.959. The standard InChI is InChI=1S/C24H20O11/c25-9-4-14(29)18-16(5-9)34-24(8-1-2-11(26)13(28)3-8)22(31)20(18)19-17(35-24)7-12(27)10-6-15(30)23(32)33-21(10)19/h1-5,7,15,20,22-23,25-32H,6H2. The molecule has 8 N–H and O–H groups in total. The van der Waals surface area contributed by atoms with Crippen LogP contribution in [0.5, 0.6) is 46.0 Å². The number of phenolic OH excluding ortho intramolecular Hbond substituents is 5. The SMILES string of the molecule is Oc1cc(O)c2c(c1)OC1(c3ccc(O)c(O)c3)Oc3cc(O)c4c(c3C2C1O)OC(O)C(O)C4. The van der Waals surface area contributed by atoms with Crippen molar-refractivity contribution in [3.8, 4) is 46.0 Å². The molecule has 182 valence electrons. The molecule has 3 aliphatic heterocycles. The molecule has 0 aromatic heterocycles. The first-order valence-corrected chi connectivity index (χ1v) is 10.7. The lowest BCUT2D eigenvalue weighted by atomic mass is 9.74. The zero-order valence-corrected chi connectivity index (χ0v) is 17.8. The molecule has 0 spiro atoms. The zero-order chi connectivity index (χ0) is 24.8. The first-order valence-electron chi connectivity index (χ1n) is 10.7. The van der Waals surface area contributed by atoms with Crippen LogP contribution in [0.15, 0.2) is 36.4 Å². The van der Waals surface area contributed by atoms with E-state index in [1.807, 2.05) is 0 Å². The molecule has 0 fully saturated rings. The minimum absolute atomic E-state index is 0.0224. The Bertz CT molecular complexity index is 1390. The highest BCUT2D eigenvalue weighted by Crippen LogP contribution is 2.61. The Morgan fingerprint density at radius 2 is 1.46 bits per heavy atom. The highest BCUT2D eigenvalue weighted by molar-refractivity contribution is 5.67. The van der Waals surface area contributed by atoms with Crippen LogP contribution in [0, 0.1) is 0 Å². The van der Waals surface area contributed by atoms with Gasteiger partial charge in [-0.2, -0.15) is 0 Å². The van der Waals surface area contributed by atoms with E-state index < -0.39 is 47.5 Å². The molecule has 35 heavy (non-hydrogen) atoms. The number of rotatable bonds is 1. The number of hydrogen-bond acceptors (Lipinski definition) is 11. The summed E-state index contributed by atoms with van der Waals surface area (Å²) in [5.41, 5.74) is 0.493. The van der Waals surface area contributed by atoms with E-state index in [9.17, 15) is 40.9 Å². The molecule has 0 saturated carbocycles. The summed E-state index contributed by atoms with van der Waals surface area (Å²) in [6.45, 7) is 0. The van der Waals surface area contributed by atoms with Gasteiger partial charge in [-0.25, -0.2) is 0 Å². The maximum atomic E-state index is 11.6. The molecule has 11 nitrogen and oxygen atoms in total. The normalized spacial score (nSPS) is 28.0. The summed E-state index contributed by atoms with van der Waals surface area (Å²) in [5, 5.41) is 83.2. The van der Waals surface area contributed by atoms with Crippen LogP contribution in [0.1, 0.15) is 28.2 Å². The van der Waals surface area contributed by atoms with Gasteiger partial charge in [0.1, 0.15) is 46.7 Å². The quantitative estimate of drug-likeness (QED) is 0.230. The van der Waals surface area contributed by atoms with Crippen molar-refractivity contribution in [2.24, 2.45) is 0 Å². The molecule has 0 amide bonds. The molecule has 3 aromatic carbocycles. The van der Waals surface area contributed by atoms with Gasteiger partial charge in [-0.15, -0.1) is 0 Å². The van der Waals surface area contributed by atoms with Gasteiger partial charge >= 0.3 is 5.79 Å². The zero-order valence-electron chi connectivity index (χ0n) is 17.8. The third-order valence-corrected chi connectivity index (χ3v) is 6.68. The second kappa shape index (κ2) is 6.98. The van der Waals surface area contributed by atoms with Crippen LogP contribution in [0.25, 0.3) is 0 Å². The smallest absolute Gasteiger partial charge is 0.305 e. The lowest BCUT2D eigenvalue weighted by molar-refractivity contribution is -0.219. The fourth-order valence-electron chi connectivity index (χ4n) is 5.07. The van der Waals surface area contributed by atoms with Gasteiger partial charge in [-0.1, -0.05) is 0 Å². The van der Waals surface area contributed by atoms with Crippen molar-refractivity contribution in [3.05, 3.63) is 58.7 Å². The Morgan fingerprint density at radius 3 is 2.17 bits per heavy atom. The third-order valence-electron chi connectivity index (χ3n) is 6.68. The molecule has 2 bridgehead atoms. The maximum absolute atomic E-state index is 11.6. The second-order valence-electron chi connectivity index (χ2n) is 8.77. The van der Waals surface area contributed by atoms with Crippen LogP contribution >= 0.6 is 0 Å². The van der Waals surface area contributed by atoms with Crippen molar-refractivity contribution >= 4 is 0 Å². The van der Waals surface area contributed by atoms with E-state index in [4.69, 9.17) is 14.2 Å². The average molecular weight is 484 g/mol. The summed E-state index contributed by atoms with van der Waals surface area (Å²) in [7, 11) is 0. The number of hydrogen-bond donors (Lipinski definition) is 8. The Hall–Kier alpha value is -4.06. The first-order chi connectivity index (χ1) is 16.6. The van der Waals surface area contributed by atoms with Crippen LogP contribution in [0.2, 0.25) is 0 Å². The predicted molar refractivity (Wildman–Crippen MR) is 115 cm³/mol. The molecule has 3 heterocycles. The van der Waals surface area contributed by atoms with E-state index in [2.05, 4.69) is 0 Å². The van der Waals surface area contributed by atoms with Crippen LogP contribution in [0.4, 0.5) is 0 Å². The van der Waals surface area contributed by atoms with E-state index in [1.54, 1.807) is 0 Å². The largest absolute Gasteiger partial charge is 0.508 e. The molecule has 0 radical (unpaired) electrons. The van der Waals surface area contributed by atoms with Gasteiger partial charge in [-0.3, -0.25) is 0 Å². The van der Waals surface area contributed by atoms with E-state index in [-0.39, 0.29) is 57.4 Å². The van der Waals surface area contributed by atoms with Crippen LogP contribution in [-0.4, -0.2) is 59.4 Å². The summed E-state index contributed by atoms with van der Waals surface area (Å²) < 4.78 is 17.7. The Labute approximate surface area is 196 Å². The van der Waals surface area contributed by atoms with Gasteiger partial charge in [0.05, 0.1) is 5.92 Å². The summed E-state index contributed by atoms with van der Waals surface area (Å²) in [5.74, 6) is -5.27. The van der Waals surface area contributed by atoms with Crippen molar-refractivity contribution in [2.75, 3.05) is 0 Å². The number of aliphatic hydroxyl groups excluding tert-OH is 3. The lowest BCUT2D eigenvalue weighted by Gasteiger charge is -2.50. The number of aliphatic hydroxyl groups is 3. The molecule has 0 saturated heterocycles. The molecular weight excluding hydrogens is 464 g/mol. The molecular formula is C24H20O11. The highest BCUT2D eigenvalue weighted by atomic mass is 16.7. The summed E-state index contributed by atoms with van der Waals surface area (Å²) >= 11 is 0. The van der Waals surface area contributed by atoms with E-state index >= 15 is 0 Å². The molecule has 3 aliphatic rings. The lowest BCUT2D eigenvalue weighted by Crippen LogP contribution is -2.57. The van der Waals surface area contributed by atoms with Crippen molar-refractivity contribution in [1.29, 1.82) is 0 Å². The Morgan fingerprint density at radius 1 is 0.743 bits per heavy atom. The van der Waals surface area contributed by atoms with E-state index in [0.29, 0.717) is 0 Å². The fourth-order valence-corrected chi connectivity index (χ4v) is 5.07. The summed E-state index contributed by atoms with van der Waals surface area (Å²) in [6, 6.07) is 7.16. The van der Waals surface area contributed by atoms with Crippen molar-refractivity contribution < 1.29 is 55.1 Å². The monoisotopic (exact) mass is 484 g/mol. The fraction of sp³-hybridized carbons (Fsp3) is 0.250. The van der Waals surface area contributed by atoms with Gasteiger partial charge in [0, 0.05) is 46.9 Å². The summed E-state index contributed by atoms with van der Waals surface area (Å²) in [4.78, 5) is 0. The number of aromatic hydroxyl groups is 5. The highest BCUT2D eigenvalue weighted by Gasteiger charge is 2.60. The first kappa shape index (κ1) is 21.5. The number of ether oxygens (including phenoxy) is 3. The van der Waals surface area contributed by atoms with Gasteiger partial charge in [0.2, 0.25) is 6.29 Å². The van der Waals surface area contributed by atoms with Gasteiger partial charge < -0.3 is 55.1 Å². The average Bonchev–Trinajstić information content (AvgIpc) is 2.78. The Kier molecular flexibility index (Phi) is 4.28. The van der Waals surface area contributed by atoms with Crippen molar-refractivity contribution in [1.82, 2.24) is 0 Å².